The van der Waals surface area contributed by atoms with Crippen LogP contribution in [-0.4, -0.2) is 49.0 Å². The Bertz CT molecular complexity index is 407. The molecule has 1 fully saturated rings. The summed E-state index contributed by atoms with van der Waals surface area (Å²) < 4.78 is 6.40. The van der Waals surface area contributed by atoms with E-state index in [0.717, 1.165) is 4.47 Å². The van der Waals surface area contributed by atoms with Gasteiger partial charge in [-0.15, -0.1) is 11.3 Å². The maximum absolute atomic E-state index is 10.6. The fourth-order valence-corrected chi connectivity index (χ4v) is 4.12. The lowest BCUT2D eigenvalue weighted by atomic mass is 9.93. The lowest BCUT2D eigenvalue weighted by molar-refractivity contribution is -0.0811. The largest absolute Gasteiger partial charge is 0.388 e. The Labute approximate surface area is 126 Å². The second-order valence-corrected chi connectivity index (χ2v) is 7.03. The van der Waals surface area contributed by atoms with Crippen molar-refractivity contribution >= 4 is 27.3 Å². The fourth-order valence-electron chi connectivity index (χ4n) is 2.50. The lowest BCUT2D eigenvalue weighted by Crippen LogP contribution is -2.47. The van der Waals surface area contributed by atoms with Crippen molar-refractivity contribution in [3.63, 3.8) is 0 Å². The van der Waals surface area contributed by atoms with Crippen LogP contribution in [-0.2, 0) is 4.74 Å². The van der Waals surface area contributed by atoms with Crippen molar-refractivity contribution in [1.82, 2.24) is 4.90 Å². The summed E-state index contributed by atoms with van der Waals surface area (Å²) in [4.78, 5) is 3.39. The van der Waals surface area contributed by atoms with Crippen LogP contribution >= 0.6 is 27.3 Å². The molecule has 108 valence electrons. The zero-order valence-electron chi connectivity index (χ0n) is 11.1. The maximum atomic E-state index is 10.6. The number of thiophene rings is 1. The van der Waals surface area contributed by atoms with Gasteiger partial charge >= 0.3 is 0 Å². The number of ether oxygens (including phenoxy) is 1. The van der Waals surface area contributed by atoms with Crippen molar-refractivity contribution < 1.29 is 9.84 Å². The van der Waals surface area contributed by atoms with Crippen molar-refractivity contribution in [2.75, 3.05) is 33.4 Å². The van der Waals surface area contributed by atoms with Crippen molar-refractivity contribution in [3.8, 4) is 0 Å². The van der Waals surface area contributed by atoms with E-state index >= 15 is 0 Å². The van der Waals surface area contributed by atoms with Gasteiger partial charge in [-0.1, -0.05) is 0 Å². The third-order valence-electron chi connectivity index (χ3n) is 3.64. The monoisotopic (exact) mass is 348 g/mol. The van der Waals surface area contributed by atoms with Gasteiger partial charge in [-0.2, -0.15) is 0 Å². The first kappa shape index (κ1) is 15.4. The van der Waals surface area contributed by atoms with Crippen molar-refractivity contribution in [1.29, 1.82) is 0 Å². The Balaban J connectivity index is 2.02. The Morgan fingerprint density at radius 3 is 2.79 bits per heavy atom. The average molecular weight is 349 g/mol. The minimum atomic E-state index is -0.644. The average Bonchev–Trinajstić information content (AvgIpc) is 2.77. The number of hydrogen-bond donors (Lipinski definition) is 2. The van der Waals surface area contributed by atoms with E-state index in [-0.39, 0.29) is 6.04 Å². The quantitative estimate of drug-likeness (QED) is 0.854. The van der Waals surface area contributed by atoms with Crippen LogP contribution in [0.1, 0.15) is 23.8 Å². The molecule has 1 aromatic heterocycles. The molecule has 19 heavy (non-hydrogen) atoms. The van der Waals surface area contributed by atoms with Gasteiger partial charge in [0.2, 0.25) is 0 Å². The summed E-state index contributed by atoms with van der Waals surface area (Å²) in [5, 5.41) is 12.6. The Morgan fingerprint density at radius 2 is 2.26 bits per heavy atom. The Morgan fingerprint density at radius 1 is 1.58 bits per heavy atom. The summed E-state index contributed by atoms with van der Waals surface area (Å²) in [5.74, 6) is 0. The molecule has 1 saturated heterocycles. The molecule has 1 unspecified atom stereocenters. The molecule has 4 nitrogen and oxygen atoms in total. The van der Waals surface area contributed by atoms with E-state index in [4.69, 9.17) is 10.5 Å². The van der Waals surface area contributed by atoms with E-state index in [0.29, 0.717) is 39.1 Å². The van der Waals surface area contributed by atoms with Gasteiger partial charge in [-0.25, -0.2) is 0 Å². The summed E-state index contributed by atoms with van der Waals surface area (Å²) >= 11 is 5.17. The van der Waals surface area contributed by atoms with Gasteiger partial charge in [0.25, 0.3) is 0 Å². The maximum Gasteiger partial charge on any atom is 0.0818 e. The second-order valence-electron chi connectivity index (χ2n) is 5.17. The number of nitrogens with zero attached hydrogens (tertiary/aromatic N) is 1. The Kier molecular flexibility index (Phi) is 5.39. The Hall–Kier alpha value is 0.0200. The number of rotatable bonds is 5. The molecule has 1 aliphatic heterocycles. The van der Waals surface area contributed by atoms with Crippen LogP contribution in [0.4, 0.5) is 0 Å². The van der Waals surface area contributed by atoms with E-state index in [1.165, 1.54) is 4.88 Å². The predicted octanol–water partition coefficient (Wildman–Crippen LogP) is 1.98. The molecule has 1 aromatic rings. The number of halogens is 1. The molecule has 2 rings (SSSR count). The molecule has 0 bridgehead atoms. The molecule has 0 spiro atoms. The van der Waals surface area contributed by atoms with Gasteiger partial charge in [0.15, 0.2) is 0 Å². The van der Waals surface area contributed by atoms with E-state index in [1.807, 2.05) is 7.05 Å². The van der Waals surface area contributed by atoms with Crippen LogP contribution in [0.25, 0.3) is 0 Å². The smallest absolute Gasteiger partial charge is 0.0818 e. The van der Waals surface area contributed by atoms with E-state index in [1.54, 1.807) is 11.3 Å². The molecule has 0 aliphatic carbocycles. The topological polar surface area (TPSA) is 58.7 Å². The van der Waals surface area contributed by atoms with Gasteiger partial charge < -0.3 is 15.6 Å². The number of likely N-dealkylation sites (N-methyl/N-ethyl adjacent to an activating group) is 1. The third-order valence-corrected chi connectivity index (χ3v) is 5.43. The summed E-state index contributed by atoms with van der Waals surface area (Å²) in [6, 6.07) is 2.26. The van der Waals surface area contributed by atoms with E-state index in [2.05, 4.69) is 32.3 Å². The van der Waals surface area contributed by atoms with Crippen LogP contribution in [0.2, 0.25) is 0 Å². The highest BCUT2D eigenvalue weighted by molar-refractivity contribution is 9.10. The third kappa shape index (κ3) is 4.00. The first-order valence-corrected chi connectivity index (χ1v) is 8.16. The molecular formula is C13H21BrN2O2S. The highest BCUT2D eigenvalue weighted by Crippen LogP contribution is 2.30. The van der Waals surface area contributed by atoms with Gasteiger partial charge in [0.1, 0.15) is 0 Å². The number of hydrogen-bond acceptors (Lipinski definition) is 5. The van der Waals surface area contributed by atoms with Crippen LogP contribution in [0.3, 0.4) is 0 Å². The van der Waals surface area contributed by atoms with Gasteiger partial charge in [0, 0.05) is 53.9 Å². The van der Waals surface area contributed by atoms with Crippen LogP contribution in [0, 0.1) is 0 Å². The zero-order valence-corrected chi connectivity index (χ0v) is 13.5. The number of nitrogens with two attached hydrogens (primary N) is 1. The molecule has 3 N–H and O–H groups in total. The lowest BCUT2D eigenvalue weighted by Gasteiger charge is -2.38. The molecule has 1 aliphatic rings. The summed E-state index contributed by atoms with van der Waals surface area (Å²) in [7, 11) is 2.03. The molecule has 6 heteroatoms. The van der Waals surface area contributed by atoms with E-state index in [9.17, 15) is 5.11 Å². The van der Waals surface area contributed by atoms with Crippen molar-refractivity contribution in [2.45, 2.75) is 24.5 Å². The standard InChI is InChI=1S/C13H21BrN2O2S/c1-16(9-13(17)2-4-18-5-3-13)11(7-15)12-6-10(14)8-19-12/h6,8,11,17H,2-5,7,9,15H2,1H3. The summed E-state index contributed by atoms with van der Waals surface area (Å²) in [6.07, 6.45) is 1.39. The van der Waals surface area contributed by atoms with Gasteiger partial charge in [-0.3, -0.25) is 4.90 Å². The first-order chi connectivity index (χ1) is 9.04. The molecule has 2 heterocycles. The van der Waals surface area contributed by atoms with E-state index < -0.39 is 5.60 Å². The van der Waals surface area contributed by atoms with Gasteiger partial charge in [-0.05, 0) is 29.0 Å². The highest BCUT2D eigenvalue weighted by Gasteiger charge is 2.33. The zero-order chi connectivity index (χ0) is 13.9. The highest BCUT2D eigenvalue weighted by atomic mass is 79.9. The molecular weight excluding hydrogens is 328 g/mol. The summed E-state index contributed by atoms with van der Waals surface area (Å²) in [6.45, 7) is 2.47. The molecule has 0 amide bonds. The van der Waals surface area contributed by atoms with Crippen LogP contribution < -0.4 is 5.73 Å². The van der Waals surface area contributed by atoms with Gasteiger partial charge in [0.05, 0.1) is 11.6 Å². The minimum absolute atomic E-state index is 0.156. The molecule has 0 saturated carbocycles. The van der Waals surface area contributed by atoms with Crippen LogP contribution in [0.5, 0.6) is 0 Å². The molecule has 1 atom stereocenters. The summed E-state index contributed by atoms with van der Waals surface area (Å²) in [5.41, 5.74) is 5.26. The van der Waals surface area contributed by atoms with Crippen molar-refractivity contribution in [2.24, 2.45) is 5.73 Å². The first-order valence-electron chi connectivity index (χ1n) is 6.48. The number of aliphatic hydroxyl groups is 1. The second kappa shape index (κ2) is 6.65. The van der Waals surface area contributed by atoms with Crippen LogP contribution in [0.15, 0.2) is 15.9 Å². The predicted molar refractivity (Wildman–Crippen MR) is 81.4 cm³/mol. The molecule has 0 radical (unpaired) electrons. The SMILES string of the molecule is CN(CC1(O)CCOCC1)C(CN)c1cc(Br)cs1. The van der Waals surface area contributed by atoms with Crippen molar-refractivity contribution in [3.05, 3.63) is 20.8 Å². The minimum Gasteiger partial charge on any atom is -0.388 e. The fraction of sp³-hybridized carbons (Fsp3) is 0.692. The normalized spacial score (nSPS) is 20.7. The molecule has 0 aromatic carbocycles.